The predicted octanol–water partition coefficient (Wildman–Crippen LogP) is 2.53. The summed E-state index contributed by atoms with van der Waals surface area (Å²) in [5.41, 5.74) is 2.67. The summed E-state index contributed by atoms with van der Waals surface area (Å²) < 4.78 is 5.21. The lowest BCUT2D eigenvalue weighted by Gasteiger charge is -2.41. The molecular weight excluding hydrogens is 288 g/mol. The molecule has 0 amide bonds. The van der Waals surface area contributed by atoms with E-state index in [2.05, 4.69) is 41.9 Å². The van der Waals surface area contributed by atoms with Gasteiger partial charge in [-0.25, -0.2) is 0 Å². The Morgan fingerprint density at radius 2 is 2.00 bits per heavy atom. The lowest BCUT2D eigenvalue weighted by molar-refractivity contribution is 0.0636. The molecule has 1 fully saturated rings. The average Bonchev–Trinajstić information content (AvgIpc) is 2.55. The molecule has 4 heteroatoms. The van der Waals surface area contributed by atoms with Crippen molar-refractivity contribution in [2.24, 2.45) is 0 Å². The number of allylic oxidation sites excluding steroid dienone is 1. The highest BCUT2D eigenvalue weighted by atomic mass is 16.5. The van der Waals surface area contributed by atoms with Crippen molar-refractivity contribution in [2.75, 3.05) is 39.9 Å². The van der Waals surface area contributed by atoms with Gasteiger partial charge in [-0.1, -0.05) is 23.8 Å². The third-order valence-corrected chi connectivity index (χ3v) is 4.45. The van der Waals surface area contributed by atoms with Crippen molar-refractivity contribution in [1.82, 2.24) is 9.80 Å². The molecule has 1 aromatic rings. The molecule has 0 aromatic heterocycles. The summed E-state index contributed by atoms with van der Waals surface area (Å²) in [6.07, 6.45) is 3.12. The molecule has 1 aromatic carbocycles. The molecule has 128 valence electrons. The first-order valence-corrected chi connectivity index (χ1v) is 8.46. The van der Waals surface area contributed by atoms with Crippen LogP contribution >= 0.6 is 0 Å². The number of hydrogen-bond acceptors (Lipinski definition) is 4. The Hall–Kier alpha value is -1.36. The zero-order chi connectivity index (χ0) is 16.7. The molecule has 0 unspecified atom stereocenters. The second kappa shape index (κ2) is 9.06. The summed E-state index contributed by atoms with van der Waals surface area (Å²) in [4.78, 5) is 4.98. The minimum atomic E-state index is 0.256. The zero-order valence-electron chi connectivity index (χ0n) is 14.7. The maximum absolute atomic E-state index is 9.37. The number of nitrogens with zero attached hydrogens (tertiary/aromatic N) is 2. The van der Waals surface area contributed by atoms with Gasteiger partial charge in [0, 0.05) is 45.4 Å². The molecule has 1 aliphatic heterocycles. The van der Waals surface area contributed by atoms with E-state index in [0.29, 0.717) is 6.04 Å². The number of ether oxygens (including phenoxy) is 1. The molecule has 1 heterocycles. The van der Waals surface area contributed by atoms with E-state index in [9.17, 15) is 5.11 Å². The van der Waals surface area contributed by atoms with Crippen LogP contribution in [0.1, 0.15) is 25.8 Å². The maximum Gasteiger partial charge on any atom is 0.118 e. The highest BCUT2D eigenvalue weighted by Crippen LogP contribution is 2.17. The van der Waals surface area contributed by atoms with E-state index in [1.165, 1.54) is 11.1 Å². The summed E-state index contributed by atoms with van der Waals surface area (Å²) >= 11 is 0. The Morgan fingerprint density at radius 1 is 1.26 bits per heavy atom. The first-order chi connectivity index (χ1) is 11.1. The van der Waals surface area contributed by atoms with E-state index < -0.39 is 0 Å². The second-order valence-electron chi connectivity index (χ2n) is 6.53. The number of rotatable bonds is 7. The van der Waals surface area contributed by atoms with Gasteiger partial charge in [0.05, 0.1) is 7.11 Å². The normalized spacial score (nSPS) is 19.6. The van der Waals surface area contributed by atoms with Crippen LogP contribution in [0, 0.1) is 0 Å². The minimum absolute atomic E-state index is 0.256. The van der Waals surface area contributed by atoms with Gasteiger partial charge in [0.25, 0.3) is 0 Å². The molecule has 0 aliphatic carbocycles. The average molecular weight is 318 g/mol. The molecule has 0 radical (unpaired) electrons. The summed E-state index contributed by atoms with van der Waals surface area (Å²) in [7, 11) is 1.69. The third-order valence-electron chi connectivity index (χ3n) is 4.45. The molecule has 1 aliphatic rings. The summed E-state index contributed by atoms with van der Waals surface area (Å²) in [5.74, 6) is 0.901. The van der Waals surface area contributed by atoms with E-state index in [0.717, 1.165) is 44.9 Å². The Morgan fingerprint density at radius 3 is 2.61 bits per heavy atom. The largest absolute Gasteiger partial charge is 0.497 e. The highest BCUT2D eigenvalue weighted by molar-refractivity contribution is 5.27. The smallest absolute Gasteiger partial charge is 0.118 e. The van der Waals surface area contributed by atoms with Gasteiger partial charge >= 0.3 is 0 Å². The fourth-order valence-corrected chi connectivity index (χ4v) is 3.05. The van der Waals surface area contributed by atoms with Gasteiger partial charge in [-0.05, 0) is 38.0 Å². The van der Waals surface area contributed by atoms with Crippen LogP contribution in [-0.2, 0) is 6.54 Å². The van der Waals surface area contributed by atoms with Crippen LogP contribution in [0.4, 0.5) is 0 Å². The van der Waals surface area contributed by atoms with Crippen molar-refractivity contribution in [3.8, 4) is 5.75 Å². The number of methoxy groups -OCH3 is 1. The SMILES string of the molecule is COc1ccc(CN2CCN(CC=C(C)C)[C@@H](CCO)C2)cc1. The number of aliphatic hydroxyl groups is 1. The minimum Gasteiger partial charge on any atom is -0.497 e. The molecule has 0 saturated carbocycles. The summed E-state index contributed by atoms with van der Waals surface area (Å²) in [6.45, 7) is 9.64. The van der Waals surface area contributed by atoms with Crippen molar-refractivity contribution < 1.29 is 9.84 Å². The van der Waals surface area contributed by atoms with Gasteiger partial charge in [0.15, 0.2) is 0 Å². The van der Waals surface area contributed by atoms with Crippen LogP contribution in [0.15, 0.2) is 35.9 Å². The van der Waals surface area contributed by atoms with Gasteiger partial charge in [0.2, 0.25) is 0 Å². The van der Waals surface area contributed by atoms with Crippen molar-refractivity contribution >= 4 is 0 Å². The number of piperazine rings is 1. The number of benzene rings is 1. The quantitative estimate of drug-likeness (QED) is 0.784. The van der Waals surface area contributed by atoms with Crippen molar-refractivity contribution in [2.45, 2.75) is 32.9 Å². The maximum atomic E-state index is 9.37. The van der Waals surface area contributed by atoms with Crippen LogP contribution in [0.5, 0.6) is 5.75 Å². The van der Waals surface area contributed by atoms with Crippen LogP contribution in [0.3, 0.4) is 0 Å². The predicted molar refractivity (Wildman–Crippen MR) is 94.8 cm³/mol. The summed E-state index contributed by atoms with van der Waals surface area (Å²) in [5, 5.41) is 9.37. The van der Waals surface area contributed by atoms with Crippen molar-refractivity contribution in [3.05, 3.63) is 41.5 Å². The highest BCUT2D eigenvalue weighted by Gasteiger charge is 2.25. The standard InChI is InChI=1S/C19H30N2O2/c1-16(2)8-10-21-12-11-20(15-18(21)9-13-22)14-17-4-6-19(23-3)7-5-17/h4-8,18,22H,9-15H2,1-3H3/t18-/m0/s1. The first kappa shape index (κ1) is 18.0. The van der Waals surface area contributed by atoms with Gasteiger partial charge in [-0.2, -0.15) is 0 Å². The van der Waals surface area contributed by atoms with Crippen LogP contribution in [0.2, 0.25) is 0 Å². The lowest BCUT2D eigenvalue weighted by atomic mass is 10.1. The van der Waals surface area contributed by atoms with Gasteiger partial charge in [0.1, 0.15) is 5.75 Å². The molecule has 2 rings (SSSR count). The van der Waals surface area contributed by atoms with Gasteiger partial charge in [-0.3, -0.25) is 9.80 Å². The molecular formula is C19H30N2O2. The Labute approximate surface area is 140 Å². The monoisotopic (exact) mass is 318 g/mol. The first-order valence-electron chi connectivity index (χ1n) is 8.46. The molecule has 0 spiro atoms. The van der Waals surface area contributed by atoms with E-state index in [1.807, 2.05) is 12.1 Å². The Kier molecular flexibility index (Phi) is 7.09. The fourth-order valence-electron chi connectivity index (χ4n) is 3.05. The van der Waals surface area contributed by atoms with E-state index in [-0.39, 0.29) is 6.61 Å². The van der Waals surface area contributed by atoms with Crippen molar-refractivity contribution in [1.29, 1.82) is 0 Å². The van der Waals surface area contributed by atoms with Gasteiger partial charge < -0.3 is 9.84 Å². The van der Waals surface area contributed by atoms with E-state index in [4.69, 9.17) is 4.74 Å². The third kappa shape index (κ3) is 5.65. The Balaban J connectivity index is 1.93. The topological polar surface area (TPSA) is 35.9 Å². The van der Waals surface area contributed by atoms with Crippen LogP contribution in [-0.4, -0.2) is 60.8 Å². The van der Waals surface area contributed by atoms with Crippen LogP contribution < -0.4 is 4.74 Å². The number of aliphatic hydroxyl groups excluding tert-OH is 1. The molecule has 1 N–H and O–H groups in total. The van der Waals surface area contributed by atoms with Gasteiger partial charge in [-0.15, -0.1) is 0 Å². The fraction of sp³-hybridized carbons (Fsp3) is 0.579. The molecule has 1 saturated heterocycles. The van der Waals surface area contributed by atoms with E-state index in [1.54, 1.807) is 7.11 Å². The zero-order valence-corrected chi connectivity index (χ0v) is 14.7. The second-order valence-corrected chi connectivity index (χ2v) is 6.53. The number of hydrogen-bond donors (Lipinski definition) is 1. The van der Waals surface area contributed by atoms with E-state index >= 15 is 0 Å². The lowest BCUT2D eigenvalue weighted by Crippen LogP contribution is -2.53. The Bertz CT molecular complexity index is 495. The van der Waals surface area contributed by atoms with Crippen molar-refractivity contribution in [3.63, 3.8) is 0 Å². The molecule has 1 atom stereocenters. The molecule has 23 heavy (non-hydrogen) atoms. The van der Waals surface area contributed by atoms with Crippen LogP contribution in [0.25, 0.3) is 0 Å². The summed E-state index contributed by atoms with van der Waals surface area (Å²) in [6, 6.07) is 8.74. The molecule has 0 bridgehead atoms. The molecule has 4 nitrogen and oxygen atoms in total.